The average molecular weight is 374 g/mol. The standard InChI is InChI=1S/C22H22N4O2/c1-14-7-8-15-13-19(24-18(15)11-14)22(27)25-20(21-23-9-10-26(21)2)16-5-4-6-17(12-16)28-3/h4-13,20,24H,1-3H3,(H,25,27). The topological polar surface area (TPSA) is 71.9 Å². The smallest absolute Gasteiger partial charge is 0.268 e. The third kappa shape index (κ3) is 3.36. The number of carbonyl (C=O) groups is 1. The van der Waals surface area contributed by atoms with Gasteiger partial charge >= 0.3 is 0 Å². The molecule has 28 heavy (non-hydrogen) atoms. The summed E-state index contributed by atoms with van der Waals surface area (Å²) in [7, 11) is 3.54. The van der Waals surface area contributed by atoms with Gasteiger partial charge in [0.1, 0.15) is 23.3 Å². The largest absolute Gasteiger partial charge is 0.497 e. The Morgan fingerprint density at radius 3 is 2.82 bits per heavy atom. The Morgan fingerprint density at radius 1 is 1.21 bits per heavy atom. The fraction of sp³-hybridized carbons (Fsp3) is 0.182. The Labute approximate surface area is 163 Å². The van der Waals surface area contributed by atoms with Gasteiger partial charge in [-0.3, -0.25) is 4.79 Å². The third-order valence-electron chi connectivity index (χ3n) is 4.84. The van der Waals surface area contributed by atoms with Crippen molar-refractivity contribution in [3.63, 3.8) is 0 Å². The number of imidazole rings is 1. The summed E-state index contributed by atoms with van der Waals surface area (Å²) in [6, 6.07) is 15.2. The highest BCUT2D eigenvalue weighted by Gasteiger charge is 2.22. The summed E-state index contributed by atoms with van der Waals surface area (Å²) in [6.07, 6.45) is 3.58. The maximum atomic E-state index is 13.0. The van der Waals surface area contributed by atoms with Crippen LogP contribution in [0.4, 0.5) is 0 Å². The van der Waals surface area contributed by atoms with Crippen LogP contribution in [0.3, 0.4) is 0 Å². The number of aryl methyl sites for hydroxylation is 2. The molecule has 2 heterocycles. The lowest BCUT2D eigenvalue weighted by Crippen LogP contribution is -2.31. The van der Waals surface area contributed by atoms with E-state index < -0.39 is 6.04 Å². The first-order valence-corrected chi connectivity index (χ1v) is 9.06. The molecular weight excluding hydrogens is 352 g/mol. The summed E-state index contributed by atoms with van der Waals surface area (Å²) in [6.45, 7) is 2.03. The molecule has 0 bridgehead atoms. The predicted molar refractivity (Wildman–Crippen MR) is 109 cm³/mol. The lowest BCUT2D eigenvalue weighted by atomic mass is 10.1. The normalized spacial score (nSPS) is 12.1. The molecule has 0 fully saturated rings. The molecule has 2 aromatic carbocycles. The molecule has 0 spiro atoms. The van der Waals surface area contributed by atoms with E-state index in [-0.39, 0.29) is 5.91 Å². The minimum Gasteiger partial charge on any atom is -0.497 e. The maximum Gasteiger partial charge on any atom is 0.268 e. The average Bonchev–Trinajstić information content (AvgIpc) is 3.31. The van der Waals surface area contributed by atoms with Crippen LogP contribution in [0.25, 0.3) is 10.9 Å². The molecule has 6 nitrogen and oxygen atoms in total. The van der Waals surface area contributed by atoms with E-state index in [9.17, 15) is 4.79 Å². The minimum absolute atomic E-state index is 0.190. The molecule has 2 N–H and O–H groups in total. The van der Waals surface area contributed by atoms with Gasteiger partial charge in [-0.1, -0.05) is 24.3 Å². The number of fused-ring (bicyclic) bond motifs is 1. The molecule has 2 aromatic heterocycles. The van der Waals surface area contributed by atoms with Crippen LogP contribution in [0.15, 0.2) is 60.9 Å². The molecule has 1 unspecified atom stereocenters. The second kappa shape index (κ2) is 7.23. The predicted octanol–water partition coefficient (Wildman–Crippen LogP) is 3.74. The van der Waals surface area contributed by atoms with Crippen molar-refractivity contribution in [3.05, 3.63) is 83.6 Å². The Kier molecular flexibility index (Phi) is 4.61. The number of methoxy groups -OCH3 is 1. The fourth-order valence-electron chi connectivity index (χ4n) is 3.35. The Morgan fingerprint density at radius 2 is 2.07 bits per heavy atom. The van der Waals surface area contributed by atoms with Gasteiger partial charge in [-0.2, -0.15) is 0 Å². The van der Waals surface area contributed by atoms with Crippen molar-refractivity contribution in [3.8, 4) is 5.75 Å². The first-order chi connectivity index (χ1) is 13.5. The zero-order valence-corrected chi connectivity index (χ0v) is 16.1. The van der Waals surface area contributed by atoms with Crippen molar-refractivity contribution in [2.24, 2.45) is 7.05 Å². The van der Waals surface area contributed by atoms with Crippen LogP contribution in [-0.4, -0.2) is 27.6 Å². The van der Waals surface area contributed by atoms with E-state index in [0.29, 0.717) is 5.69 Å². The van der Waals surface area contributed by atoms with Gasteiger partial charge in [-0.05, 0) is 42.3 Å². The van der Waals surface area contributed by atoms with Gasteiger partial charge in [0.25, 0.3) is 5.91 Å². The van der Waals surface area contributed by atoms with E-state index in [2.05, 4.69) is 15.3 Å². The van der Waals surface area contributed by atoms with E-state index in [1.54, 1.807) is 13.3 Å². The number of carbonyl (C=O) groups excluding carboxylic acids is 1. The maximum absolute atomic E-state index is 13.0. The van der Waals surface area contributed by atoms with Crippen LogP contribution in [0, 0.1) is 6.92 Å². The number of nitrogens with zero attached hydrogens (tertiary/aromatic N) is 2. The molecule has 4 aromatic rings. The lowest BCUT2D eigenvalue weighted by molar-refractivity contribution is 0.0937. The molecular formula is C22H22N4O2. The van der Waals surface area contributed by atoms with Crippen LogP contribution in [0.1, 0.15) is 33.5 Å². The number of H-pyrrole nitrogens is 1. The zero-order valence-electron chi connectivity index (χ0n) is 16.1. The quantitative estimate of drug-likeness (QED) is 0.559. The molecule has 142 valence electrons. The van der Waals surface area contributed by atoms with Crippen LogP contribution < -0.4 is 10.1 Å². The summed E-state index contributed by atoms with van der Waals surface area (Å²) >= 11 is 0. The zero-order chi connectivity index (χ0) is 19.7. The van der Waals surface area contributed by atoms with E-state index in [1.165, 1.54) is 0 Å². The number of amides is 1. The summed E-state index contributed by atoms with van der Waals surface area (Å²) in [5, 5.41) is 4.12. The van der Waals surface area contributed by atoms with Crippen LogP contribution in [0.2, 0.25) is 0 Å². The van der Waals surface area contributed by atoms with Crippen molar-refractivity contribution in [2.45, 2.75) is 13.0 Å². The van der Waals surface area contributed by atoms with E-state index in [4.69, 9.17) is 4.74 Å². The van der Waals surface area contributed by atoms with Crippen LogP contribution in [0.5, 0.6) is 5.75 Å². The van der Waals surface area contributed by atoms with Crippen molar-refractivity contribution in [1.29, 1.82) is 0 Å². The van der Waals surface area contributed by atoms with E-state index >= 15 is 0 Å². The molecule has 0 radical (unpaired) electrons. The highest BCUT2D eigenvalue weighted by atomic mass is 16.5. The number of rotatable bonds is 5. The summed E-state index contributed by atoms with van der Waals surface area (Å²) in [5.74, 6) is 1.28. The minimum atomic E-state index is -0.407. The molecule has 0 aliphatic rings. The summed E-state index contributed by atoms with van der Waals surface area (Å²) in [5.41, 5.74) is 3.50. The van der Waals surface area contributed by atoms with Gasteiger partial charge in [-0.15, -0.1) is 0 Å². The highest BCUT2D eigenvalue weighted by molar-refractivity contribution is 5.98. The number of hydrogen-bond donors (Lipinski definition) is 2. The van der Waals surface area contributed by atoms with Crippen LogP contribution in [-0.2, 0) is 7.05 Å². The van der Waals surface area contributed by atoms with E-state index in [0.717, 1.165) is 33.6 Å². The summed E-state index contributed by atoms with van der Waals surface area (Å²) < 4.78 is 7.25. The van der Waals surface area contributed by atoms with Gasteiger partial charge in [0, 0.05) is 30.3 Å². The van der Waals surface area contributed by atoms with Crippen molar-refractivity contribution >= 4 is 16.8 Å². The first kappa shape index (κ1) is 17.9. The SMILES string of the molecule is COc1cccc(C(NC(=O)c2cc3ccc(C)cc3[nH]2)c2nccn2C)c1. The Bertz CT molecular complexity index is 1140. The molecule has 1 amide bonds. The third-order valence-corrected chi connectivity index (χ3v) is 4.84. The monoisotopic (exact) mass is 374 g/mol. The highest BCUT2D eigenvalue weighted by Crippen LogP contribution is 2.25. The number of nitrogens with one attached hydrogen (secondary N) is 2. The van der Waals surface area contributed by atoms with Gasteiger partial charge in [-0.25, -0.2) is 4.98 Å². The lowest BCUT2D eigenvalue weighted by Gasteiger charge is -2.19. The molecule has 0 saturated heterocycles. The molecule has 6 heteroatoms. The second-order valence-corrected chi connectivity index (χ2v) is 6.85. The van der Waals surface area contributed by atoms with Gasteiger partial charge in [0.2, 0.25) is 0 Å². The Balaban J connectivity index is 1.70. The second-order valence-electron chi connectivity index (χ2n) is 6.85. The van der Waals surface area contributed by atoms with Crippen LogP contribution >= 0.6 is 0 Å². The van der Waals surface area contributed by atoms with Crippen molar-refractivity contribution in [2.75, 3.05) is 7.11 Å². The number of hydrogen-bond acceptors (Lipinski definition) is 3. The van der Waals surface area contributed by atoms with Gasteiger partial charge in [0.15, 0.2) is 0 Å². The number of aromatic amines is 1. The molecule has 0 saturated carbocycles. The van der Waals surface area contributed by atoms with E-state index in [1.807, 2.05) is 73.3 Å². The molecule has 0 aliphatic heterocycles. The van der Waals surface area contributed by atoms with Gasteiger partial charge in [0.05, 0.1) is 7.11 Å². The Hall–Kier alpha value is -3.54. The number of ether oxygens (including phenoxy) is 1. The van der Waals surface area contributed by atoms with Crippen molar-refractivity contribution < 1.29 is 9.53 Å². The van der Waals surface area contributed by atoms with Gasteiger partial charge < -0.3 is 19.6 Å². The summed E-state index contributed by atoms with van der Waals surface area (Å²) in [4.78, 5) is 20.7. The first-order valence-electron chi connectivity index (χ1n) is 9.06. The number of benzene rings is 2. The molecule has 4 rings (SSSR count). The molecule has 1 atom stereocenters. The molecule has 0 aliphatic carbocycles. The van der Waals surface area contributed by atoms with Crippen molar-refractivity contribution in [1.82, 2.24) is 19.9 Å². The number of aromatic nitrogens is 3. The fourth-order valence-corrected chi connectivity index (χ4v) is 3.35.